The molecule has 106 valence electrons. The molecule has 1 amide bonds. The van der Waals surface area contributed by atoms with E-state index in [2.05, 4.69) is 15.3 Å². The van der Waals surface area contributed by atoms with E-state index in [0.29, 0.717) is 12.1 Å². The zero-order valence-electron chi connectivity index (χ0n) is 11.3. The zero-order chi connectivity index (χ0) is 14.5. The summed E-state index contributed by atoms with van der Waals surface area (Å²) < 4.78 is 2.04. The Morgan fingerprint density at radius 2 is 2.05 bits per heavy atom. The van der Waals surface area contributed by atoms with E-state index in [1.54, 1.807) is 42.5 Å². The van der Waals surface area contributed by atoms with Gasteiger partial charge < -0.3 is 5.32 Å². The highest BCUT2D eigenvalue weighted by Gasteiger charge is 2.04. The van der Waals surface area contributed by atoms with Crippen LogP contribution in [0.1, 0.15) is 10.4 Å². The Labute approximate surface area is 126 Å². The Morgan fingerprint density at radius 3 is 2.90 bits per heavy atom. The van der Waals surface area contributed by atoms with E-state index in [-0.39, 0.29) is 5.91 Å². The van der Waals surface area contributed by atoms with Crippen LogP contribution in [0.4, 0.5) is 0 Å². The van der Waals surface area contributed by atoms with Crippen molar-refractivity contribution < 1.29 is 4.79 Å². The summed E-state index contributed by atoms with van der Waals surface area (Å²) in [5.74, 6) is 0.729. The molecule has 5 nitrogen and oxygen atoms in total. The van der Waals surface area contributed by atoms with Crippen molar-refractivity contribution in [3.05, 3.63) is 60.7 Å². The molecule has 0 atom stereocenters. The number of fused-ring (bicyclic) bond motifs is 1. The number of hydrogen-bond donors (Lipinski definition) is 1. The van der Waals surface area contributed by atoms with Crippen LogP contribution in [0.25, 0.3) is 5.65 Å². The van der Waals surface area contributed by atoms with Gasteiger partial charge in [-0.1, -0.05) is 6.07 Å². The zero-order valence-corrected chi connectivity index (χ0v) is 12.1. The van der Waals surface area contributed by atoms with Crippen LogP contribution in [0.2, 0.25) is 0 Å². The molecule has 0 saturated carbocycles. The monoisotopic (exact) mass is 298 g/mol. The van der Waals surface area contributed by atoms with E-state index in [9.17, 15) is 4.79 Å². The van der Waals surface area contributed by atoms with Gasteiger partial charge in [0, 0.05) is 42.6 Å². The highest BCUT2D eigenvalue weighted by molar-refractivity contribution is 7.99. The van der Waals surface area contributed by atoms with E-state index in [0.717, 1.165) is 16.4 Å². The lowest BCUT2D eigenvalue weighted by Gasteiger charge is -2.06. The minimum Gasteiger partial charge on any atom is -0.351 e. The number of hydrogen-bond acceptors (Lipinski definition) is 4. The van der Waals surface area contributed by atoms with Crippen LogP contribution in [0.15, 0.2) is 60.1 Å². The summed E-state index contributed by atoms with van der Waals surface area (Å²) in [6.45, 7) is 0.608. The topological polar surface area (TPSA) is 59.3 Å². The lowest BCUT2D eigenvalue weighted by Crippen LogP contribution is -2.25. The van der Waals surface area contributed by atoms with Crippen LogP contribution >= 0.6 is 11.8 Å². The van der Waals surface area contributed by atoms with Crippen LogP contribution < -0.4 is 5.32 Å². The Bertz CT molecular complexity index is 742. The standard InChI is InChI=1S/C15H14N4OS/c20-15(12-4-6-16-7-5-12)18-9-11-21-14-3-1-2-13-17-8-10-19(13)14/h1-8,10H,9,11H2,(H,18,20). The first-order valence-electron chi connectivity index (χ1n) is 6.58. The quantitative estimate of drug-likeness (QED) is 0.580. The maximum Gasteiger partial charge on any atom is 0.251 e. The minimum atomic E-state index is -0.0705. The summed E-state index contributed by atoms with van der Waals surface area (Å²) in [5, 5.41) is 4.01. The molecule has 3 aromatic heterocycles. The summed E-state index contributed by atoms with van der Waals surface area (Å²) in [5.41, 5.74) is 1.56. The Kier molecular flexibility index (Phi) is 4.16. The predicted molar refractivity (Wildman–Crippen MR) is 82.5 cm³/mol. The summed E-state index contributed by atoms with van der Waals surface area (Å²) >= 11 is 1.69. The number of carbonyl (C=O) groups is 1. The van der Waals surface area contributed by atoms with Gasteiger partial charge in [-0.2, -0.15) is 0 Å². The second kappa shape index (κ2) is 6.41. The van der Waals surface area contributed by atoms with Crippen LogP contribution in [0.5, 0.6) is 0 Å². The number of carbonyl (C=O) groups excluding carboxylic acids is 1. The molecular weight excluding hydrogens is 284 g/mol. The molecule has 0 saturated heterocycles. The van der Waals surface area contributed by atoms with Gasteiger partial charge in [0.15, 0.2) is 0 Å². The van der Waals surface area contributed by atoms with Crippen LogP contribution in [-0.4, -0.2) is 32.6 Å². The first-order valence-corrected chi connectivity index (χ1v) is 7.56. The van der Waals surface area contributed by atoms with Crippen molar-refractivity contribution in [2.75, 3.05) is 12.3 Å². The van der Waals surface area contributed by atoms with Gasteiger partial charge >= 0.3 is 0 Å². The average molecular weight is 298 g/mol. The molecule has 0 aliphatic carbocycles. The van der Waals surface area contributed by atoms with Crippen molar-refractivity contribution in [1.82, 2.24) is 19.7 Å². The number of pyridine rings is 2. The van der Waals surface area contributed by atoms with Gasteiger partial charge in [-0.15, -0.1) is 11.8 Å². The van der Waals surface area contributed by atoms with Gasteiger partial charge in [-0.05, 0) is 24.3 Å². The van der Waals surface area contributed by atoms with Gasteiger partial charge in [0.05, 0.1) is 5.03 Å². The summed E-state index contributed by atoms with van der Waals surface area (Å²) in [6.07, 6.45) is 6.95. The molecule has 3 heterocycles. The normalized spacial score (nSPS) is 10.7. The average Bonchev–Trinajstić information content (AvgIpc) is 3.01. The largest absolute Gasteiger partial charge is 0.351 e. The van der Waals surface area contributed by atoms with Crippen molar-refractivity contribution in [1.29, 1.82) is 0 Å². The first kappa shape index (κ1) is 13.6. The molecule has 0 bridgehead atoms. The van der Waals surface area contributed by atoms with Gasteiger partial charge in [-0.3, -0.25) is 14.2 Å². The predicted octanol–water partition coefficient (Wildman–Crippen LogP) is 2.25. The van der Waals surface area contributed by atoms with Gasteiger partial charge in [0.25, 0.3) is 5.91 Å². The van der Waals surface area contributed by atoms with Gasteiger partial charge in [0.1, 0.15) is 5.65 Å². The number of thioether (sulfide) groups is 1. The highest BCUT2D eigenvalue weighted by Crippen LogP contribution is 2.18. The van der Waals surface area contributed by atoms with Crippen molar-refractivity contribution in [2.24, 2.45) is 0 Å². The third-order valence-electron chi connectivity index (χ3n) is 2.97. The molecule has 0 fully saturated rings. The Morgan fingerprint density at radius 1 is 1.19 bits per heavy atom. The Balaban J connectivity index is 1.53. The third-order valence-corrected chi connectivity index (χ3v) is 4.01. The summed E-state index contributed by atoms with van der Waals surface area (Å²) in [7, 11) is 0. The molecule has 0 unspecified atom stereocenters. The molecule has 0 aromatic carbocycles. The maximum atomic E-state index is 11.9. The second-order valence-electron chi connectivity index (χ2n) is 4.36. The SMILES string of the molecule is O=C(NCCSc1cccc2nccn12)c1ccncc1. The van der Waals surface area contributed by atoms with Crippen molar-refractivity contribution in [3.8, 4) is 0 Å². The first-order chi connectivity index (χ1) is 10.3. The molecule has 0 spiro atoms. The fourth-order valence-corrected chi connectivity index (χ4v) is 2.85. The summed E-state index contributed by atoms with van der Waals surface area (Å²) in [6, 6.07) is 9.41. The smallest absolute Gasteiger partial charge is 0.251 e. The van der Waals surface area contributed by atoms with Crippen molar-refractivity contribution in [3.63, 3.8) is 0 Å². The van der Waals surface area contributed by atoms with Crippen LogP contribution in [0.3, 0.4) is 0 Å². The number of nitrogens with zero attached hydrogens (tertiary/aromatic N) is 3. The second-order valence-corrected chi connectivity index (χ2v) is 5.47. The number of amides is 1. The van der Waals surface area contributed by atoms with E-state index < -0.39 is 0 Å². The van der Waals surface area contributed by atoms with E-state index in [1.165, 1.54) is 0 Å². The van der Waals surface area contributed by atoms with Crippen LogP contribution in [0, 0.1) is 0 Å². The van der Waals surface area contributed by atoms with E-state index in [4.69, 9.17) is 0 Å². The van der Waals surface area contributed by atoms with E-state index >= 15 is 0 Å². The molecule has 1 N–H and O–H groups in total. The molecule has 3 rings (SSSR count). The third kappa shape index (κ3) is 3.22. The molecule has 6 heteroatoms. The Hall–Kier alpha value is -2.34. The molecule has 0 aliphatic heterocycles. The summed E-state index contributed by atoms with van der Waals surface area (Å²) in [4.78, 5) is 20.0. The van der Waals surface area contributed by atoms with Gasteiger partial charge in [-0.25, -0.2) is 4.98 Å². The highest BCUT2D eigenvalue weighted by atomic mass is 32.2. The van der Waals surface area contributed by atoms with Crippen molar-refractivity contribution in [2.45, 2.75) is 5.03 Å². The molecule has 3 aromatic rings. The fraction of sp³-hybridized carbons (Fsp3) is 0.133. The minimum absolute atomic E-state index is 0.0705. The van der Waals surface area contributed by atoms with Gasteiger partial charge in [0.2, 0.25) is 0 Å². The molecule has 0 radical (unpaired) electrons. The van der Waals surface area contributed by atoms with Crippen LogP contribution in [-0.2, 0) is 0 Å². The number of imidazole rings is 1. The lowest BCUT2D eigenvalue weighted by atomic mass is 10.2. The molecule has 0 aliphatic rings. The number of nitrogens with one attached hydrogen (secondary N) is 1. The lowest BCUT2D eigenvalue weighted by molar-refractivity contribution is 0.0956. The number of rotatable bonds is 5. The number of aromatic nitrogens is 3. The van der Waals surface area contributed by atoms with Crippen molar-refractivity contribution >= 4 is 23.3 Å². The fourth-order valence-electron chi connectivity index (χ4n) is 1.96. The maximum absolute atomic E-state index is 11.9. The van der Waals surface area contributed by atoms with E-state index in [1.807, 2.05) is 28.8 Å². The molecule has 21 heavy (non-hydrogen) atoms. The molecular formula is C15H14N4OS.